The van der Waals surface area contributed by atoms with Crippen LogP contribution in [0, 0.1) is 0 Å². The predicted octanol–water partition coefficient (Wildman–Crippen LogP) is 5.35. The number of furan rings is 1. The number of rotatable bonds is 5. The molecular weight excluding hydrogens is 258 g/mol. The summed E-state index contributed by atoms with van der Waals surface area (Å²) in [4.78, 5) is 0. The largest absolute Gasteiger partial charge is 0.459 e. The van der Waals surface area contributed by atoms with Crippen LogP contribution in [0.15, 0.2) is 22.6 Å². The van der Waals surface area contributed by atoms with Crippen LogP contribution in [0.2, 0.25) is 0 Å². The van der Waals surface area contributed by atoms with E-state index in [-0.39, 0.29) is 11.5 Å². The molecule has 21 heavy (non-hydrogen) atoms. The van der Waals surface area contributed by atoms with E-state index in [0.29, 0.717) is 0 Å². The molecule has 0 aliphatic heterocycles. The van der Waals surface area contributed by atoms with Crippen molar-refractivity contribution in [2.75, 3.05) is 6.54 Å². The van der Waals surface area contributed by atoms with E-state index in [2.05, 4.69) is 65.1 Å². The Hall–Kier alpha value is -1.28. The maximum atomic E-state index is 6.22. The third-order valence-electron chi connectivity index (χ3n) is 4.04. The zero-order valence-corrected chi connectivity index (χ0v) is 14.3. The normalized spacial score (nSPS) is 13.8. The molecule has 0 amide bonds. The molecule has 1 aromatic heterocycles. The Labute approximate surface area is 128 Å². The first-order chi connectivity index (χ1) is 9.86. The van der Waals surface area contributed by atoms with Crippen LogP contribution in [0.25, 0.3) is 11.0 Å². The van der Waals surface area contributed by atoms with Gasteiger partial charge in [0.05, 0.1) is 6.04 Å². The van der Waals surface area contributed by atoms with Crippen molar-refractivity contribution in [2.24, 2.45) is 0 Å². The van der Waals surface area contributed by atoms with Crippen molar-refractivity contribution >= 4 is 11.0 Å². The van der Waals surface area contributed by atoms with E-state index in [1.54, 1.807) is 0 Å². The van der Waals surface area contributed by atoms with Gasteiger partial charge in [-0.3, -0.25) is 0 Å². The Morgan fingerprint density at radius 1 is 1.14 bits per heavy atom. The van der Waals surface area contributed by atoms with Crippen LogP contribution in [-0.4, -0.2) is 6.54 Å². The summed E-state index contributed by atoms with van der Waals surface area (Å²) in [6.07, 6.45) is 2.20. The molecule has 0 saturated carbocycles. The molecule has 0 radical (unpaired) electrons. The molecule has 1 unspecified atom stereocenters. The van der Waals surface area contributed by atoms with Gasteiger partial charge in [0.2, 0.25) is 0 Å². The number of fused-ring (bicyclic) bond motifs is 1. The minimum absolute atomic E-state index is 0.0959. The standard InChI is InChI=1S/C19H29NO/c1-7-9-20-13(3)17-12-15-10-14(8-2)11-16(18(15)21-17)19(4,5)6/h10-13,20H,7-9H2,1-6H3. The first kappa shape index (κ1) is 16.1. The second-order valence-electron chi connectivity index (χ2n) is 6.99. The molecule has 0 aliphatic carbocycles. The highest BCUT2D eigenvalue weighted by Crippen LogP contribution is 2.34. The van der Waals surface area contributed by atoms with Gasteiger partial charge in [-0.2, -0.15) is 0 Å². The van der Waals surface area contributed by atoms with Crippen LogP contribution in [0.3, 0.4) is 0 Å². The number of benzene rings is 1. The fourth-order valence-corrected chi connectivity index (χ4v) is 2.67. The summed E-state index contributed by atoms with van der Waals surface area (Å²) in [5.74, 6) is 1.04. The topological polar surface area (TPSA) is 25.2 Å². The lowest BCUT2D eigenvalue weighted by atomic mass is 9.85. The van der Waals surface area contributed by atoms with Crippen LogP contribution in [0.5, 0.6) is 0 Å². The molecule has 0 spiro atoms. The van der Waals surface area contributed by atoms with Crippen LogP contribution >= 0.6 is 0 Å². The van der Waals surface area contributed by atoms with Gasteiger partial charge < -0.3 is 9.73 Å². The van der Waals surface area contributed by atoms with E-state index in [1.807, 2.05) is 0 Å². The molecule has 2 heteroatoms. The van der Waals surface area contributed by atoms with Crippen LogP contribution in [0.4, 0.5) is 0 Å². The highest BCUT2D eigenvalue weighted by molar-refractivity contribution is 5.83. The fraction of sp³-hybridized carbons (Fsp3) is 0.579. The minimum Gasteiger partial charge on any atom is -0.459 e. The highest BCUT2D eigenvalue weighted by atomic mass is 16.3. The molecule has 0 saturated heterocycles. The van der Waals surface area contributed by atoms with Gasteiger partial charge in [-0.1, -0.05) is 40.7 Å². The van der Waals surface area contributed by atoms with Crippen molar-refractivity contribution < 1.29 is 4.42 Å². The Bertz CT molecular complexity index is 604. The molecule has 0 fully saturated rings. The molecule has 116 valence electrons. The predicted molar refractivity (Wildman–Crippen MR) is 91.0 cm³/mol. The van der Waals surface area contributed by atoms with Gasteiger partial charge in [0.15, 0.2) is 0 Å². The lowest BCUT2D eigenvalue weighted by molar-refractivity contribution is 0.446. The fourth-order valence-electron chi connectivity index (χ4n) is 2.67. The van der Waals surface area contributed by atoms with E-state index in [1.165, 1.54) is 16.5 Å². The van der Waals surface area contributed by atoms with Gasteiger partial charge in [-0.05, 0) is 49.4 Å². The Balaban J connectivity index is 2.50. The average Bonchev–Trinajstić information content (AvgIpc) is 2.86. The molecule has 1 atom stereocenters. The van der Waals surface area contributed by atoms with Crippen molar-refractivity contribution in [1.82, 2.24) is 5.32 Å². The van der Waals surface area contributed by atoms with Crippen LogP contribution in [0.1, 0.15) is 70.9 Å². The summed E-state index contributed by atoms with van der Waals surface area (Å²) in [5, 5.41) is 4.74. The molecule has 2 rings (SSSR count). The molecule has 2 aromatic rings. The maximum absolute atomic E-state index is 6.22. The Morgan fingerprint density at radius 3 is 2.43 bits per heavy atom. The van der Waals surface area contributed by atoms with Gasteiger partial charge in [0, 0.05) is 10.9 Å². The SMILES string of the molecule is CCCNC(C)c1cc2cc(CC)cc(C(C)(C)C)c2o1. The van der Waals surface area contributed by atoms with Crippen molar-refractivity contribution in [3.05, 3.63) is 35.1 Å². The van der Waals surface area contributed by atoms with Gasteiger partial charge >= 0.3 is 0 Å². The maximum Gasteiger partial charge on any atom is 0.138 e. The average molecular weight is 287 g/mol. The zero-order chi connectivity index (χ0) is 15.6. The molecule has 2 nitrogen and oxygen atoms in total. The second-order valence-corrected chi connectivity index (χ2v) is 6.99. The van der Waals surface area contributed by atoms with Crippen molar-refractivity contribution in [3.63, 3.8) is 0 Å². The molecule has 1 aromatic carbocycles. The zero-order valence-electron chi connectivity index (χ0n) is 14.3. The number of hydrogen-bond acceptors (Lipinski definition) is 2. The van der Waals surface area contributed by atoms with Crippen LogP contribution in [-0.2, 0) is 11.8 Å². The molecule has 1 N–H and O–H groups in total. The highest BCUT2D eigenvalue weighted by Gasteiger charge is 2.22. The smallest absolute Gasteiger partial charge is 0.138 e. The van der Waals surface area contributed by atoms with E-state index >= 15 is 0 Å². The lowest BCUT2D eigenvalue weighted by Gasteiger charge is -2.20. The van der Waals surface area contributed by atoms with Gasteiger partial charge in [0.25, 0.3) is 0 Å². The van der Waals surface area contributed by atoms with Gasteiger partial charge in [-0.15, -0.1) is 0 Å². The summed E-state index contributed by atoms with van der Waals surface area (Å²) < 4.78 is 6.22. The molecule has 0 bridgehead atoms. The Kier molecular flexibility index (Phi) is 4.77. The molecule has 1 heterocycles. The number of nitrogens with one attached hydrogen (secondary N) is 1. The van der Waals surface area contributed by atoms with Gasteiger partial charge in [-0.25, -0.2) is 0 Å². The van der Waals surface area contributed by atoms with E-state index in [9.17, 15) is 0 Å². The monoisotopic (exact) mass is 287 g/mol. The number of hydrogen-bond donors (Lipinski definition) is 1. The first-order valence-corrected chi connectivity index (χ1v) is 8.17. The van der Waals surface area contributed by atoms with E-state index in [4.69, 9.17) is 4.42 Å². The quantitative estimate of drug-likeness (QED) is 0.801. The van der Waals surface area contributed by atoms with Crippen molar-refractivity contribution in [2.45, 2.75) is 65.8 Å². The van der Waals surface area contributed by atoms with Gasteiger partial charge in [0.1, 0.15) is 11.3 Å². The van der Waals surface area contributed by atoms with Crippen molar-refractivity contribution in [1.29, 1.82) is 0 Å². The summed E-state index contributed by atoms with van der Waals surface area (Å²) in [6.45, 7) is 14.3. The van der Waals surface area contributed by atoms with E-state index in [0.717, 1.165) is 30.7 Å². The summed E-state index contributed by atoms with van der Waals surface area (Å²) >= 11 is 0. The minimum atomic E-state index is 0.0959. The molecular formula is C19H29NO. The summed E-state index contributed by atoms with van der Waals surface area (Å²) in [7, 11) is 0. The second kappa shape index (κ2) is 6.23. The Morgan fingerprint density at radius 2 is 1.86 bits per heavy atom. The lowest BCUT2D eigenvalue weighted by Crippen LogP contribution is -2.18. The summed E-state index contributed by atoms with van der Waals surface area (Å²) in [5.41, 5.74) is 3.85. The third kappa shape index (κ3) is 3.49. The van der Waals surface area contributed by atoms with Crippen molar-refractivity contribution in [3.8, 4) is 0 Å². The molecule has 0 aliphatic rings. The third-order valence-corrected chi connectivity index (χ3v) is 4.04. The van der Waals surface area contributed by atoms with Crippen LogP contribution < -0.4 is 5.32 Å². The summed E-state index contributed by atoms with van der Waals surface area (Å²) in [6, 6.07) is 7.04. The first-order valence-electron chi connectivity index (χ1n) is 8.17. The number of aryl methyl sites for hydroxylation is 1. The van der Waals surface area contributed by atoms with E-state index < -0.39 is 0 Å².